The number of nitrogens with one attached hydrogen (secondary N) is 1. The van der Waals surface area contributed by atoms with E-state index in [-0.39, 0.29) is 18.1 Å². The number of hydrogen-bond donors (Lipinski definition) is 2. The van der Waals surface area contributed by atoms with E-state index >= 15 is 0 Å². The summed E-state index contributed by atoms with van der Waals surface area (Å²) in [7, 11) is 0. The molecule has 0 bridgehead atoms. The van der Waals surface area contributed by atoms with Gasteiger partial charge in [-0.15, -0.1) is 0 Å². The number of benzene rings is 1. The number of halogens is 1. The number of aromatic nitrogens is 1. The minimum Gasteiger partial charge on any atom is -0.477 e. The molecule has 0 aliphatic carbocycles. The van der Waals surface area contributed by atoms with E-state index in [4.69, 9.17) is 5.11 Å². The Kier molecular flexibility index (Phi) is 4.47. The van der Waals surface area contributed by atoms with Gasteiger partial charge in [-0.25, -0.2) is 9.78 Å². The maximum Gasteiger partial charge on any atom is 0.354 e. The molecule has 0 atom stereocenters. The summed E-state index contributed by atoms with van der Waals surface area (Å²) in [5.41, 5.74) is 1.26. The first-order valence-electron chi connectivity index (χ1n) is 5.78. The van der Waals surface area contributed by atoms with Gasteiger partial charge in [-0.05, 0) is 29.8 Å². The molecule has 6 heteroatoms. The second-order valence-corrected chi connectivity index (χ2v) is 4.97. The van der Waals surface area contributed by atoms with Gasteiger partial charge in [0.2, 0.25) is 0 Å². The van der Waals surface area contributed by atoms with Crippen LogP contribution in [0.15, 0.2) is 47.1 Å². The maximum atomic E-state index is 11.9. The van der Waals surface area contributed by atoms with Gasteiger partial charge in [-0.1, -0.05) is 28.1 Å². The van der Waals surface area contributed by atoms with Crippen LogP contribution in [0.25, 0.3) is 0 Å². The molecule has 0 saturated carbocycles. The molecule has 2 aromatic rings. The van der Waals surface area contributed by atoms with Crippen molar-refractivity contribution < 1.29 is 14.7 Å². The highest BCUT2D eigenvalue weighted by Gasteiger charge is 2.07. The summed E-state index contributed by atoms with van der Waals surface area (Å²) >= 11 is 3.30. The average molecular weight is 335 g/mol. The van der Waals surface area contributed by atoms with Crippen LogP contribution in [-0.2, 0) is 6.54 Å². The van der Waals surface area contributed by atoms with Gasteiger partial charge in [0.1, 0.15) is 5.69 Å². The summed E-state index contributed by atoms with van der Waals surface area (Å²) in [6, 6.07) is 10.1. The minimum absolute atomic E-state index is 0.0212. The molecule has 0 aliphatic rings. The van der Waals surface area contributed by atoms with Crippen molar-refractivity contribution >= 4 is 27.8 Å². The van der Waals surface area contributed by atoms with Crippen LogP contribution in [0.1, 0.15) is 26.4 Å². The molecule has 0 saturated heterocycles. The van der Waals surface area contributed by atoms with Crippen molar-refractivity contribution in [2.75, 3.05) is 0 Å². The number of carboxylic acid groups (broad SMARTS) is 1. The molecule has 0 radical (unpaired) electrons. The summed E-state index contributed by atoms with van der Waals surface area (Å²) < 4.78 is 0.831. The van der Waals surface area contributed by atoms with E-state index in [0.29, 0.717) is 5.56 Å². The second kappa shape index (κ2) is 6.29. The van der Waals surface area contributed by atoms with Gasteiger partial charge in [0.25, 0.3) is 5.91 Å². The molecule has 1 heterocycles. The van der Waals surface area contributed by atoms with Gasteiger partial charge in [-0.3, -0.25) is 4.79 Å². The number of carbonyl (C=O) groups is 2. The Balaban J connectivity index is 1.98. The third-order valence-corrected chi connectivity index (χ3v) is 3.08. The molecule has 1 aromatic carbocycles. The topological polar surface area (TPSA) is 79.3 Å². The maximum absolute atomic E-state index is 11.9. The standard InChI is InChI=1S/C14H11BrN2O3/c15-11-3-1-2-10(6-11)13(18)17-8-9-4-5-12(14(19)20)16-7-9/h1-7H,8H2,(H,17,18)(H,19,20). The highest BCUT2D eigenvalue weighted by atomic mass is 79.9. The van der Waals surface area contributed by atoms with Crippen molar-refractivity contribution in [2.45, 2.75) is 6.54 Å². The molecule has 2 rings (SSSR count). The predicted molar refractivity (Wildman–Crippen MR) is 76.5 cm³/mol. The van der Waals surface area contributed by atoms with Crippen LogP contribution in [0, 0.1) is 0 Å². The average Bonchev–Trinajstić information content (AvgIpc) is 2.45. The predicted octanol–water partition coefficient (Wildman–Crippen LogP) is 2.47. The van der Waals surface area contributed by atoms with Crippen LogP contribution in [-0.4, -0.2) is 22.0 Å². The summed E-state index contributed by atoms with van der Waals surface area (Å²) in [4.78, 5) is 26.3. The fourth-order valence-corrected chi connectivity index (χ4v) is 1.97. The number of rotatable bonds is 4. The van der Waals surface area contributed by atoms with Crippen LogP contribution in [0.2, 0.25) is 0 Å². The third-order valence-electron chi connectivity index (χ3n) is 2.58. The number of aromatic carboxylic acids is 1. The number of nitrogens with zero attached hydrogens (tertiary/aromatic N) is 1. The van der Waals surface area contributed by atoms with Gasteiger partial charge in [-0.2, -0.15) is 0 Å². The number of pyridine rings is 1. The SMILES string of the molecule is O=C(NCc1ccc(C(=O)O)nc1)c1cccc(Br)c1. The molecule has 0 unspecified atom stereocenters. The van der Waals surface area contributed by atoms with Crippen LogP contribution in [0.5, 0.6) is 0 Å². The normalized spacial score (nSPS) is 10.1. The zero-order chi connectivity index (χ0) is 14.5. The van der Waals surface area contributed by atoms with Crippen molar-refractivity contribution in [1.82, 2.24) is 10.3 Å². The molecular formula is C14H11BrN2O3. The van der Waals surface area contributed by atoms with E-state index in [1.807, 2.05) is 6.07 Å². The zero-order valence-corrected chi connectivity index (χ0v) is 11.9. The number of carbonyl (C=O) groups excluding carboxylic acids is 1. The summed E-state index contributed by atoms with van der Waals surface area (Å²) in [5, 5.41) is 11.5. The van der Waals surface area contributed by atoms with E-state index in [0.717, 1.165) is 10.0 Å². The number of hydrogen-bond acceptors (Lipinski definition) is 3. The minimum atomic E-state index is -1.07. The Bertz CT molecular complexity index is 641. The Morgan fingerprint density at radius 2 is 2.05 bits per heavy atom. The zero-order valence-electron chi connectivity index (χ0n) is 10.3. The van der Waals surface area contributed by atoms with Crippen molar-refractivity contribution in [2.24, 2.45) is 0 Å². The lowest BCUT2D eigenvalue weighted by molar-refractivity contribution is 0.0690. The molecule has 0 spiro atoms. The van der Waals surface area contributed by atoms with Crippen molar-refractivity contribution in [3.8, 4) is 0 Å². The Hall–Kier alpha value is -2.21. The van der Waals surface area contributed by atoms with Gasteiger partial charge in [0, 0.05) is 22.8 Å². The second-order valence-electron chi connectivity index (χ2n) is 4.05. The van der Waals surface area contributed by atoms with Gasteiger partial charge in [0.05, 0.1) is 0 Å². The van der Waals surface area contributed by atoms with E-state index in [1.165, 1.54) is 12.3 Å². The molecule has 0 fully saturated rings. The first-order chi connectivity index (χ1) is 9.56. The molecule has 1 aromatic heterocycles. The first-order valence-corrected chi connectivity index (χ1v) is 6.57. The molecule has 20 heavy (non-hydrogen) atoms. The summed E-state index contributed by atoms with van der Waals surface area (Å²) in [6.07, 6.45) is 1.44. The molecule has 2 N–H and O–H groups in total. The summed E-state index contributed by atoms with van der Waals surface area (Å²) in [6.45, 7) is 0.290. The van der Waals surface area contributed by atoms with E-state index in [2.05, 4.69) is 26.2 Å². The third kappa shape index (κ3) is 3.64. The fourth-order valence-electron chi connectivity index (χ4n) is 1.57. The lowest BCUT2D eigenvalue weighted by Crippen LogP contribution is -2.22. The lowest BCUT2D eigenvalue weighted by atomic mass is 10.2. The summed E-state index contributed by atoms with van der Waals surface area (Å²) in [5.74, 6) is -1.27. The van der Waals surface area contributed by atoms with Crippen LogP contribution >= 0.6 is 15.9 Å². The van der Waals surface area contributed by atoms with Crippen molar-refractivity contribution in [1.29, 1.82) is 0 Å². The lowest BCUT2D eigenvalue weighted by Gasteiger charge is -2.05. The quantitative estimate of drug-likeness (QED) is 0.900. The van der Waals surface area contributed by atoms with Gasteiger partial charge >= 0.3 is 5.97 Å². The van der Waals surface area contributed by atoms with Crippen LogP contribution in [0.4, 0.5) is 0 Å². The number of carboxylic acids is 1. The highest BCUT2D eigenvalue weighted by molar-refractivity contribution is 9.10. The Labute approximate surface area is 123 Å². The smallest absolute Gasteiger partial charge is 0.354 e. The number of amides is 1. The fraction of sp³-hybridized carbons (Fsp3) is 0.0714. The van der Waals surface area contributed by atoms with Crippen LogP contribution < -0.4 is 5.32 Å². The van der Waals surface area contributed by atoms with Crippen molar-refractivity contribution in [3.63, 3.8) is 0 Å². The Morgan fingerprint density at radius 1 is 1.25 bits per heavy atom. The largest absolute Gasteiger partial charge is 0.477 e. The van der Waals surface area contributed by atoms with Crippen LogP contribution in [0.3, 0.4) is 0 Å². The highest BCUT2D eigenvalue weighted by Crippen LogP contribution is 2.11. The Morgan fingerprint density at radius 3 is 2.65 bits per heavy atom. The molecular weight excluding hydrogens is 324 g/mol. The van der Waals surface area contributed by atoms with E-state index in [1.54, 1.807) is 24.3 Å². The van der Waals surface area contributed by atoms with E-state index in [9.17, 15) is 9.59 Å². The molecule has 5 nitrogen and oxygen atoms in total. The van der Waals surface area contributed by atoms with E-state index < -0.39 is 5.97 Å². The van der Waals surface area contributed by atoms with Gasteiger partial charge in [0.15, 0.2) is 0 Å². The monoisotopic (exact) mass is 334 g/mol. The van der Waals surface area contributed by atoms with Gasteiger partial charge < -0.3 is 10.4 Å². The molecule has 0 aliphatic heterocycles. The van der Waals surface area contributed by atoms with Crippen molar-refractivity contribution in [3.05, 3.63) is 63.9 Å². The first kappa shape index (κ1) is 14.2. The molecule has 102 valence electrons. The molecule has 1 amide bonds.